The SMILES string of the molecule is CC(C)NC(=O)CCCc1ccccc1.CCCCCCCCCCCCCC(=O)NC(C)C. The summed E-state index contributed by atoms with van der Waals surface area (Å²) in [6, 6.07) is 10.8. The average molecular weight is 475 g/mol. The Balaban J connectivity index is 0.000000657. The number of carbonyl (C=O) groups excluding carboxylic acids is 2. The molecule has 0 saturated heterocycles. The molecule has 1 aromatic rings. The van der Waals surface area contributed by atoms with Crippen molar-refractivity contribution < 1.29 is 9.59 Å². The van der Waals surface area contributed by atoms with Crippen molar-refractivity contribution in [3.8, 4) is 0 Å². The van der Waals surface area contributed by atoms with Gasteiger partial charge in [0.1, 0.15) is 0 Å². The van der Waals surface area contributed by atoms with Crippen LogP contribution >= 0.6 is 0 Å². The van der Waals surface area contributed by atoms with Gasteiger partial charge < -0.3 is 10.6 Å². The van der Waals surface area contributed by atoms with Gasteiger partial charge in [-0.25, -0.2) is 0 Å². The number of nitrogens with one attached hydrogen (secondary N) is 2. The van der Waals surface area contributed by atoms with E-state index in [2.05, 4.69) is 29.7 Å². The third-order valence-electron chi connectivity index (χ3n) is 5.62. The number of hydrogen-bond donors (Lipinski definition) is 2. The summed E-state index contributed by atoms with van der Waals surface area (Å²) >= 11 is 0. The van der Waals surface area contributed by atoms with Gasteiger partial charge in [-0.3, -0.25) is 9.59 Å². The van der Waals surface area contributed by atoms with Crippen molar-refractivity contribution in [1.82, 2.24) is 10.6 Å². The normalized spacial score (nSPS) is 10.7. The second-order valence-corrected chi connectivity index (χ2v) is 10.1. The number of benzene rings is 1. The predicted octanol–water partition coefficient (Wildman–Crippen LogP) is 7.75. The number of aryl methyl sites for hydroxylation is 1. The molecule has 2 N–H and O–H groups in total. The standard InChI is InChI=1S/C17H35NO.C13H19NO/c1-4-5-6-7-8-9-10-11-12-13-14-15-17(19)18-16(2)3;1-11(2)14-13(15)10-6-9-12-7-4-3-5-8-12/h16H,4-15H2,1-3H3,(H,18,19);3-5,7-8,11H,6,9-10H2,1-2H3,(H,14,15). The van der Waals surface area contributed by atoms with Crippen LogP contribution in [0.1, 0.15) is 130 Å². The van der Waals surface area contributed by atoms with Crippen LogP contribution in [0.3, 0.4) is 0 Å². The van der Waals surface area contributed by atoms with E-state index in [-0.39, 0.29) is 23.9 Å². The number of hydrogen-bond acceptors (Lipinski definition) is 2. The second kappa shape index (κ2) is 22.9. The van der Waals surface area contributed by atoms with E-state index < -0.39 is 0 Å². The molecular formula is C30H54N2O2. The van der Waals surface area contributed by atoms with Gasteiger partial charge in [0.2, 0.25) is 11.8 Å². The topological polar surface area (TPSA) is 58.2 Å². The van der Waals surface area contributed by atoms with Crippen molar-refractivity contribution in [2.24, 2.45) is 0 Å². The molecule has 0 aromatic heterocycles. The van der Waals surface area contributed by atoms with E-state index >= 15 is 0 Å². The number of rotatable bonds is 18. The van der Waals surface area contributed by atoms with Crippen LogP contribution in [0, 0.1) is 0 Å². The van der Waals surface area contributed by atoms with E-state index in [0.29, 0.717) is 12.8 Å². The van der Waals surface area contributed by atoms with E-state index in [0.717, 1.165) is 19.3 Å². The lowest BCUT2D eigenvalue weighted by Gasteiger charge is -2.07. The maximum absolute atomic E-state index is 11.4. The summed E-state index contributed by atoms with van der Waals surface area (Å²) in [5.41, 5.74) is 1.30. The van der Waals surface area contributed by atoms with Gasteiger partial charge in [0.05, 0.1) is 0 Å². The van der Waals surface area contributed by atoms with Crippen molar-refractivity contribution in [1.29, 1.82) is 0 Å². The largest absolute Gasteiger partial charge is 0.354 e. The fraction of sp³-hybridized carbons (Fsp3) is 0.733. The molecule has 2 amide bonds. The maximum Gasteiger partial charge on any atom is 0.220 e. The molecule has 4 nitrogen and oxygen atoms in total. The van der Waals surface area contributed by atoms with E-state index in [4.69, 9.17) is 0 Å². The molecule has 0 aliphatic rings. The molecule has 4 heteroatoms. The molecule has 0 radical (unpaired) electrons. The first kappa shape index (κ1) is 32.2. The Morgan fingerprint density at radius 3 is 1.47 bits per heavy atom. The zero-order valence-corrected chi connectivity index (χ0v) is 23.0. The Labute approximate surface area is 211 Å². The highest BCUT2D eigenvalue weighted by molar-refractivity contribution is 5.76. The molecule has 1 aromatic carbocycles. The Morgan fingerprint density at radius 1 is 0.618 bits per heavy atom. The lowest BCUT2D eigenvalue weighted by atomic mass is 10.1. The summed E-state index contributed by atoms with van der Waals surface area (Å²) in [5.74, 6) is 0.367. The van der Waals surface area contributed by atoms with Crippen molar-refractivity contribution in [2.45, 2.75) is 143 Å². The summed E-state index contributed by atoms with van der Waals surface area (Å²) in [7, 11) is 0. The molecule has 0 heterocycles. The van der Waals surface area contributed by atoms with Crippen LogP contribution in [0.25, 0.3) is 0 Å². The maximum atomic E-state index is 11.4. The average Bonchev–Trinajstić information content (AvgIpc) is 2.77. The molecule has 0 bridgehead atoms. The summed E-state index contributed by atoms with van der Waals surface area (Å²) in [4.78, 5) is 22.7. The third-order valence-corrected chi connectivity index (χ3v) is 5.62. The predicted molar refractivity (Wildman–Crippen MR) is 147 cm³/mol. The van der Waals surface area contributed by atoms with E-state index in [1.54, 1.807) is 0 Å². The minimum Gasteiger partial charge on any atom is -0.354 e. The van der Waals surface area contributed by atoms with Crippen LogP contribution in [0.15, 0.2) is 30.3 Å². The van der Waals surface area contributed by atoms with Crippen LogP contribution < -0.4 is 10.6 Å². The summed E-state index contributed by atoms with van der Waals surface area (Å²) in [6.45, 7) is 10.3. The van der Waals surface area contributed by atoms with Gasteiger partial charge in [-0.2, -0.15) is 0 Å². The molecule has 34 heavy (non-hydrogen) atoms. The van der Waals surface area contributed by atoms with Crippen molar-refractivity contribution in [2.75, 3.05) is 0 Å². The van der Waals surface area contributed by atoms with Gasteiger partial charge in [0.25, 0.3) is 0 Å². The first-order valence-corrected chi connectivity index (χ1v) is 14.0. The molecule has 0 unspecified atom stereocenters. The molecule has 0 aliphatic heterocycles. The molecule has 1 rings (SSSR count). The summed E-state index contributed by atoms with van der Waals surface area (Å²) in [6.07, 6.45) is 17.9. The zero-order valence-electron chi connectivity index (χ0n) is 23.0. The van der Waals surface area contributed by atoms with Gasteiger partial charge >= 0.3 is 0 Å². The zero-order chi connectivity index (χ0) is 25.4. The highest BCUT2D eigenvalue weighted by Gasteiger charge is 2.03. The third kappa shape index (κ3) is 23.3. The monoisotopic (exact) mass is 474 g/mol. The first-order valence-electron chi connectivity index (χ1n) is 14.0. The Bertz CT molecular complexity index is 599. The van der Waals surface area contributed by atoms with E-state index in [1.165, 1.54) is 69.8 Å². The van der Waals surface area contributed by atoms with Crippen molar-refractivity contribution in [3.63, 3.8) is 0 Å². The van der Waals surface area contributed by atoms with Gasteiger partial charge in [-0.05, 0) is 52.5 Å². The minimum absolute atomic E-state index is 0.154. The van der Waals surface area contributed by atoms with Gasteiger partial charge in [-0.15, -0.1) is 0 Å². The molecule has 0 saturated carbocycles. The van der Waals surface area contributed by atoms with Crippen LogP contribution in [-0.4, -0.2) is 23.9 Å². The van der Waals surface area contributed by atoms with E-state index in [9.17, 15) is 9.59 Å². The molecule has 0 aliphatic carbocycles. The van der Waals surface area contributed by atoms with Crippen LogP contribution in [0.4, 0.5) is 0 Å². The second-order valence-electron chi connectivity index (χ2n) is 10.1. The van der Waals surface area contributed by atoms with Gasteiger partial charge in [0.15, 0.2) is 0 Å². The quantitative estimate of drug-likeness (QED) is 0.214. The molecular weight excluding hydrogens is 420 g/mol. The number of unbranched alkanes of at least 4 members (excludes halogenated alkanes) is 10. The molecule has 0 atom stereocenters. The van der Waals surface area contributed by atoms with Gasteiger partial charge in [0, 0.05) is 24.9 Å². The first-order chi connectivity index (χ1) is 16.3. The highest BCUT2D eigenvalue weighted by Crippen LogP contribution is 2.12. The number of carbonyl (C=O) groups is 2. The minimum atomic E-state index is 0.154. The molecule has 0 spiro atoms. The van der Waals surface area contributed by atoms with Crippen LogP contribution in [0.2, 0.25) is 0 Å². The fourth-order valence-corrected chi connectivity index (χ4v) is 3.84. The van der Waals surface area contributed by atoms with Crippen molar-refractivity contribution in [3.05, 3.63) is 35.9 Å². The molecule has 0 fully saturated rings. The van der Waals surface area contributed by atoms with Crippen molar-refractivity contribution >= 4 is 11.8 Å². The summed E-state index contributed by atoms with van der Waals surface area (Å²) in [5, 5.41) is 5.83. The Kier molecular flexibility index (Phi) is 21.7. The molecule has 196 valence electrons. The van der Waals surface area contributed by atoms with E-state index in [1.807, 2.05) is 45.9 Å². The lowest BCUT2D eigenvalue weighted by Crippen LogP contribution is -2.29. The summed E-state index contributed by atoms with van der Waals surface area (Å²) < 4.78 is 0. The smallest absolute Gasteiger partial charge is 0.220 e. The van der Waals surface area contributed by atoms with Gasteiger partial charge in [-0.1, -0.05) is 101 Å². The van der Waals surface area contributed by atoms with Crippen LogP contribution in [-0.2, 0) is 16.0 Å². The fourth-order valence-electron chi connectivity index (χ4n) is 3.84. The Morgan fingerprint density at radius 2 is 1.03 bits per heavy atom. The highest BCUT2D eigenvalue weighted by atomic mass is 16.2. The lowest BCUT2D eigenvalue weighted by molar-refractivity contribution is -0.122. The van der Waals surface area contributed by atoms with Crippen LogP contribution in [0.5, 0.6) is 0 Å². The number of amides is 2. The Hall–Kier alpha value is -1.84.